The lowest BCUT2D eigenvalue weighted by Gasteiger charge is -2.06. The van der Waals surface area contributed by atoms with Gasteiger partial charge in [0.25, 0.3) is 5.56 Å². The summed E-state index contributed by atoms with van der Waals surface area (Å²) >= 11 is 2.82. The number of thiazole rings is 1. The predicted octanol–water partition coefficient (Wildman–Crippen LogP) is 2.21. The highest BCUT2D eigenvalue weighted by Crippen LogP contribution is 2.15. The van der Waals surface area contributed by atoms with Crippen LogP contribution in [0.1, 0.15) is 5.69 Å². The van der Waals surface area contributed by atoms with Crippen LogP contribution in [-0.2, 0) is 10.5 Å². The van der Waals surface area contributed by atoms with Gasteiger partial charge in [0.15, 0.2) is 4.96 Å². The van der Waals surface area contributed by atoms with Crippen LogP contribution in [0.4, 0.5) is 5.69 Å². The number of amides is 1. The van der Waals surface area contributed by atoms with E-state index >= 15 is 0 Å². The van der Waals surface area contributed by atoms with E-state index in [9.17, 15) is 9.59 Å². The SMILES string of the molecule is O=C(CSCc1cc(=O)n2ccsc2n1)Nc1ccc(-n2cncn2)cc1. The fourth-order valence-corrected chi connectivity index (χ4v) is 3.90. The molecule has 0 aliphatic heterocycles. The molecule has 1 N–H and O–H groups in total. The van der Waals surface area contributed by atoms with E-state index in [1.807, 2.05) is 29.6 Å². The summed E-state index contributed by atoms with van der Waals surface area (Å²) in [6.45, 7) is 0. The summed E-state index contributed by atoms with van der Waals surface area (Å²) in [5.74, 6) is 0.668. The average Bonchev–Trinajstić information content (AvgIpc) is 3.34. The highest BCUT2D eigenvalue weighted by atomic mass is 32.2. The fraction of sp³-hybridized carbons (Fsp3) is 0.118. The Balaban J connectivity index is 1.31. The number of nitrogens with zero attached hydrogens (tertiary/aromatic N) is 5. The molecule has 0 unspecified atom stereocenters. The number of aromatic nitrogens is 5. The van der Waals surface area contributed by atoms with Crippen LogP contribution in [0, 0.1) is 0 Å². The first kappa shape index (κ1) is 17.4. The number of anilines is 1. The Morgan fingerprint density at radius 3 is 2.89 bits per heavy atom. The van der Waals surface area contributed by atoms with Gasteiger partial charge in [-0.1, -0.05) is 0 Å². The molecule has 0 aliphatic carbocycles. The van der Waals surface area contributed by atoms with Crippen LogP contribution in [-0.4, -0.2) is 35.8 Å². The summed E-state index contributed by atoms with van der Waals surface area (Å²) < 4.78 is 3.15. The topological polar surface area (TPSA) is 94.2 Å². The molecular formula is C17H14N6O2S2. The molecular weight excluding hydrogens is 384 g/mol. The molecule has 8 nitrogen and oxygen atoms in total. The molecule has 10 heteroatoms. The molecule has 0 saturated heterocycles. The van der Waals surface area contributed by atoms with Crippen molar-refractivity contribution in [1.82, 2.24) is 24.1 Å². The third-order valence-corrected chi connectivity index (χ3v) is 5.40. The van der Waals surface area contributed by atoms with Crippen LogP contribution >= 0.6 is 23.1 Å². The fourth-order valence-electron chi connectivity index (χ4n) is 2.45. The highest BCUT2D eigenvalue weighted by molar-refractivity contribution is 7.99. The number of fused-ring (bicyclic) bond motifs is 1. The van der Waals surface area contributed by atoms with Crippen LogP contribution < -0.4 is 10.9 Å². The summed E-state index contributed by atoms with van der Waals surface area (Å²) in [6, 6.07) is 8.84. The van der Waals surface area contributed by atoms with Gasteiger partial charge < -0.3 is 5.32 Å². The van der Waals surface area contributed by atoms with Gasteiger partial charge in [0.1, 0.15) is 12.7 Å². The van der Waals surface area contributed by atoms with Crippen molar-refractivity contribution < 1.29 is 4.79 Å². The Hall–Kier alpha value is -2.98. The average molecular weight is 398 g/mol. The molecule has 0 fully saturated rings. The van der Waals surface area contributed by atoms with E-state index in [4.69, 9.17) is 0 Å². The monoisotopic (exact) mass is 398 g/mol. The molecule has 1 aromatic carbocycles. The summed E-state index contributed by atoms with van der Waals surface area (Å²) in [7, 11) is 0. The first-order chi connectivity index (χ1) is 13.2. The van der Waals surface area contributed by atoms with Gasteiger partial charge in [-0.3, -0.25) is 14.0 Å². The number of benzene rings is 1. The Labute approximate surface area is 161 Å². The number of hydrogen-bond acceptors (Lipinski definition) is 7. The highest BCUT2D eigenvalue weighted by Gasteiger charge is 2.07. The molecule has 3 aromatic heterocycles. The van der Waals surface area contributed by atoms with E-state index in [1.54, 1.807) is 17.2 Å². The first-order valence-electron chi connectivity index (χ1n) is 7.97. The van der Waals surface area contributed by atoms with Gasteiger partial charge in [-0.25, -0.2) is 14.6 Å². The quantitative estimate of drug-likeness (QED) is 0.535. The summed E-state index contributed by atoms with van der Waals surface area (Å²) in [5, 5.41) is 8.72. The maximum Gasteiger partial charge on any atom is 0.258 e. The standard InChI is InChI=1S/C17H14N6O2S2/c24-15(20-12-1-3-14(4-2-12)23-11-18-10-19-23)9-26-8-13-7-16(25)22-5-6-27-17(22)21-13/h1-7,10-11H,8-9H2,(H,20,24). The van der Waals surface area contributed by atoms with Crippen LogP contribution in [0.15, 0.2) is 59.4 Å². The summed E-state index contributed by atoms with van der Waals surface area (Å²) in [5.41, 5.74) is 2.15. The number of thioether (sulfide) groups is 1. The van der Waals surface area contributed by atoms with Crippen LogP contribution in [0.2, 0.25) is 0 Å². The van der Waals surface area contributed by atoms with Gasteiger partial charge in [0.05, 0.1) is 17.1 Å². The number of hydrogen-bond donors (Lipinski definition) is 1. The zero-order valence-electron chi connectivity index (χ0n) is 14.0. The molecule has 3 heterocycles. The lowest BCUT2D eigenvalue weighted by atomic mass is 10.3. The third-order valence-electron chi connectivity index (χ3n) is 3.67. The van der Waals surface area contributed by atoms with E-state index in [0.717, 1.165) is 5.69 Å². The molecule has 0 saturated carbocycles. The number of rotatable bonds is 6. The molecule has 0 aliphatic rings. The third kappa shape index (κ3) is 4.07. The van der Waals surface area contributed by atoms with Crippen molar-refractivity contribution in [1.29, 1.82) is 0 Å². The van der Waals surface area contributed by atoms with Gasteiger partial charge in [0, 0.05) is 29.1 Å². The molecule has 136 valence electrons. The molecule has 1 amide bonds. The van der Waals surface area contributed by atoms with Gasteiger partial charge >= 0.3 is 0 Å². The lowest BCUT2D eigenvalue weighted by Crippen LogP contribution is -2.15. The van der Waals surface area contributed by atoms with E-state index in [2.05, 4.69) is 20.4 Å². The second-order valence-corrected chi connectivity index (χ2v) is 7.43. The minimum absolute atomic E-state index is 0.103. The molecule has 0 bridgehead atoms. The minimum atomic E-state index is -0.109. The number of carbonyl (C=O) groups is 1. The molecule has 4 aromatic rings. The van der Waals surface area contributed by atoms with Gasteiger partial charge in [-0.05, 0) is 24.3 Å². The first-order valence-corrected chi connectivity index (χ1v) is 10.0. The molecule has 4 rings (SSSR count). The van der Waals surface area contributed by atoms with Crippen molar-refractivity contribution in [3.63, 3.8) is 0 Å². The van der Waals surface area contributed by atoms with Crippen LogP contribution in [0.5, 0.6) is 0 Å². The number of carbonyl (C=O) groups excluding carboxylic acids is 1. The Morgan fingerprint density at radius 1 is 1.26 bits per heavy atom. The predicted molar refractivity (Wildman–Crippen MR) is 105 cm³/mol. The van der Waals surface area contributed by atoms with Crippen molar-refractivity contribution >= 4 is 39.7 Å². The van der Waals surface area contributed by atoms with Gasteiger partial charge in [0.2, 0.25) is 5.91 Å². The smallest absolute Gasteiger partial charge is 0.258 e. The molecule has 0 atom stereocenters. The van der Waals surface area contributed by atoms with Gasteiger partial charge in [-0.2, -0.15) is 5.10 Å². The van der Waals surface area contributed by atoms with E-state index in [0.29, 0.717) is 22.1 Å². The van der Waals surface area contributed by atoms with Crippen molar-refractivity contribution in [3.05, 3.63) is 70.6 Å². The normalized spacial score (nSPS) is 11.0. The van der Waals surface area contributed by atoms with Crippen molar-refractivity contribution in [2.24, 2.45) is 0 Å². The van der Waals surface area contributed by atoms with Crippen LogP contribution in [0.25, 0.3) is 10.6 Å². The van der Waals surface area contributed by atoms with Crippen molar-refractivity contribution in [3.8, 4) is 5.69 Å². The summed E-state index contributed by atoms with van der Waals surface area (Å²) in [6.07, 6.45) is 4.78. The zero-order valence-corrected chi connectivity index (χ0v) is 15.6. The van der Waals surface area contributed by atoms with Gasteiger partial charge in [-0.15, -0.1) is 23.1 Å². The second kappa shape index (κ2) is 7.72. The Bertz CT molecular complexity index is 1120. The summed E-state index contributed by atoms with van der Waals surface area (Å²) in [4.78, 5) is 33.0. The van der Waals surface area contributed by atoms with Crippen molar-refractivity contribution in [2.75, 3.05) is 11.1 Å². The largest absolute Gasteiger partial charge is 0.325 e. The minimum Gasteiger partial charge on any atom is -0.325 e. The Kier molecular flexibility index (Phi) is 4.99. The van der Waals surface area contributed by atoms with E-state index in [-0.39, 0.29) is 17.2 Å². The number of nitrogens with one attached hydrogen (secondary N) is 1. The molecule has 27 heavy (non-hydrogen) atoms. The second-order valence-electron chi connectivity index (χ2n) is 5.57. The zero-order chi connectivity index (χ0) is 18.6. The maximum absolute atomic E-state index is 12.1. The van der Waals surface area contributed by atoms with Crippen molar-refractivity contribution in [2.45, 2.75) is 5.75 Å². The maximum atomic E-state index is 12.1. The Morgan fingerprint density at radius 2 is 2.11 bits per heavy atom. The molecule has 0 spiro atoms. The lowest BCUT2D eigenvalue weighted by molar-refractivity contribution is -0.113. The van der Waals surface area contributed by atoms with E-state index < -0.39 is 0 Å². The van der Waals surface area contributed by atoms with E-state index in [1.165, 1.54) is 39.9 Å². The molecule has 0 radical (unpaired) electrons. The van der Waals surface area contributed by atoms with Crippen LogP contribution in [0.3, 0.4) is 0 Å².